The number of nitrogens with one attached hydrogen (secondary N) is 1. The molecule has 1 heterocycles. The third kappa shape index (κ3) is 4.97. The molecule has 0 saturated carbocycles. The number of carbonyl (C=O) groups is 1. The van der Waals surface area contributed by atoms with E-state index in [-0.39, 0.29) is 19.1 Å². The van der Waals surface area contributed by atoms with Gasteiger partial charge in [0.2, 0.25) is 0 Å². The first-order valence-corrected chi connectivity index (χ1v) is 7.50. The number of aliphatic hydroxyl groups is 1. The molecule has 1 saturated heterocycles. The highest BCUT2D eigenvalue weighted by Gasteiger charge is 2.48. The van der Waals surface area contributed by atoms with Gasteiger partial charge in [0.15, 0.2) is 5.79 Å². The van der Waals surface area contributed by atoms with Gasteiger partial charge in [-0.2, -0.15) is 0 Å². The van der Waals surface area contributed by atoms with E-state index in [1.165, 1.54) is 0 Å². The van der Waals surface area contributed by atoms with Crippen LogP contribution in [0.5, 0.6) is 0 Å². The van der Waals surface area contributed by atoms with E-state index in [0.717, 1.165) is 0 Å². The van der Waals surface area contributed by atoms with Gasteiger partial charge in [-0.05, 0) is 34.6 Å². The summed E-state index contributed by atoms with van der Waals surface area (Å²) >= 11 is 0. The first kappa shape index (κ1) is 18.9. The van der Waals surface area contributed by atoms with E-state index in [0.29, 0.717) is 0 Å². The van der Waals surface area contributed by atoms with Crippen LogP contribution in [-0.4, -0.2) is 47.4 Å². The number of hydrogen-bond acceptors (Lipinski definition) is 5. The third-order valence-electron chi connectivity index (χ3n) is 3.54. The molecule has 1 aliphatic heterocycles. The maximum absolute atomic E-state index is 12.1. The van der Waals surface area contributed by atoms with Gasteiger partial charge in [-0.25, -0.2) is 4.79 Å². The fraction of sp³-hybridized carbons (Fsp3) is 0.812. The zero-order chi connectivity index (χ0) is 17.2. The maximum atomic E-state index is 12.1. The van der Waals surface area contributed by atoms with Crippen LogP contribution >= 0.6 is 0 Å². The number of aliphatic hydroxyl groups excluding tert-OH is 1. The Balaban J connectivity index is 2.93. The highest BCUT2D eigenvalue weighted by molar-refractivity contribution is 5.69. The predicted molar refractivity (Wildman–Crippen MR) is 83.5 cm³/mol. The van der Waals surface area contributed by atoms with Crippen molar-refractivity contribution in [2.75, 3.05) is 13.2 Å². The second-order valence-corrected chi connectivity index (χ2v) is 7.30. The van der Waals surface area contributed by atoms with E-state index in [2.05, 4.69) is 11.9 Å². The Morgan fingerprint density at radius 1 is 1.36 bits per heavy atom. The van der Waals surface area contributed by atoms with Gasteiger partial charge in [-0.1, -0.05) is 13.0 Å². The van der Waals surface area contributed by atoms with Gasteiger partial charge in [0.25, 0.3) is 0 Å². The molecule has 0 bridgehead atoms. The van der Waals surface area contributed by atoms with Crippen molar-refractivity contribution in [3.8, 4) is 0 Å². The summed E-state index contributed by atoms with van der Waals surface area (Å²) in [6.07, 6.45) is 0.103. The molecule has 0 spiro atoms. The average Bonchev–Trinajstić information content (AvgIpc) is 2.37. The molecular weight excluding hydrogens is 286 g/mol. The van der Waals surface area contributed by atoms with Gasteiger partial charge in [-0.3, -0.25) is 0 Å². The van der Waals surface area contributed by atoms with Crippen LogP contribution in [-0.2, 0) is 14.2 Å². The molecule has 0 aliphatic carbocycles. The minimum atomic E-state index is -1.08. The Kier molecular flexibility index (Phi) is 5.65. The quantitative estimate of drug-likeness (QED) is 0.778. The summed E-state index contributed by atoms with van der Waals surface area (Å²) in [5, 5.41) is 13.3. The molecule has 2 N–H and O–H groups in total. The van der Waals surface area contributed by atoms with Gasteiger partial charge in [0, 0.05) is 5.92 Å². The molecule has 0 aromatic carbocycles. The van der Waals surface area contributed by atoms with E-state index in [1.54, 1.807) is 40.7 Å². The topological polar surface area (TPSA) is 77.0 Å². The molecule has 1 amide bonds. The van der Waals surface area contributed by atoms with Crippen LogP contribution in [0.3, 0.4) is 0 Å². The second-order valence-electron chi connectivity index (χ2n) is 7.30. The summed E-state index contributed by atoms with van der Waals surface area (Å²) in [5.41, 5.74) is -1.71. The lowest BCUT2D eigenvalue weighted by Crippen LogP contribution is -2.68. The van der Waals surface area contributed by atoms with Crippen LogP contribution in [0.2, 0.25) is 0 Å². The first-order chi connectivity index (χ1) is 9.91. The summed E-state index contributed by atoms with van der Waals surface area (Å²) in [5.74, 6) is -1.00. The Hall–Kier alpha value is -1.11. The molecule has 0 radical (unpaired) electrons. The Morgan fingerprint density at radius 2 is 1.86 bits per heavy atom. The van der Waals surface area contributed by atoms with E-state index in [9.17, 15) is 9.90 Å². The zero-order valence-corrected chi connectivity index (χ0v) is 14.4. The number of ether oxygens (including phenoxy) is 3. The molecule has 1 aliphatic rings. The molecular formula is C16H29NO5. The highest BCUT2D eigenvalue weighted by atomic mass is 16.7. The molecule has 1 fully saturated rings. The minimum absolute atomic E-state index is 0.124. The van der Waals surface area contributed by atoms with Gasteiger partial charge >= 0.3 is 6.09 Å². The molecule has 0 aromatic heterocycles. The van der Waals surface area contributed by atoms with Crippen molar-refractivity contribution in [3.05, 3.63) is 12.7 Å². The predicted octanol–water partition coefficient (Wildman–Crippen LogP) is 2.22. The maximum Gasteiger partial charge on any atom is 0.408 e. The summed E-state index contributed by atoms with van der Waals surface area (Å²) < 4.78 is 16.6. The Bertz CT molecular complexity index is 403. The number of rotatable bonds is 4. The molecule has 2 atom stereocenters. The van der Waals surface area contributed by atoms with Crippen LogP contribution in [0, 0.1) is 5.92 Å². The van der Waals surface area contributed by atoms with Gasteiger partial charge < -0.3 is 24.6 Å². The molecule has 128 valence electrons. The summed E-state index contributed by atoms with van der Waals surface area (Å²) in [6.45, 7) is 14.7. The molecule has 22 heavy (non-hydrogen) atoms. The standard InChI is InChI=1S/C16H29NO5/c1-8-11(2)12(18)16(9-20-15(6,7)21-10-16)17-13(19)22-14(3,4)5/h8,11-12,18H,1,9-10H2,2-7H3,(H,17,19)/t11-,12-/m0/s1. The van der Waals surface area contributed by atoms with Crippen LogP contribution in [0.1, 0.15) is 41.5 Å². The molecule has 6 nitrogen and oxygen atoms in total. The van der Waals surface area contributed by atoms with Crippen LogP contribution in [0.15, 0.2) is 12.7 Å². The molecule has 6 heteroatoms. The fourth-order valence-electron chi connectivity index (χ4n) is 2.14. The minimum Gasteiger partial charge on any atom is -0.444 e. The monoisotopic (exact) mass is 315 g/mol. The largest absolute Gasteiger partial charge is 0.444 e. The van der Waals surface area contributed by atoms with E-state index in [4.69, 9.17) is 14.2 Å². The van der Waals surface area contributed by atoms with Crippen LogP contribution < -0.4 is 5.32 Å². The molecule has 1 rings (SSSR count). The van der Waals surface area contributed by atoms with E-state index >= 15 is 0 Å². The Morgan fingerprint density at radius 3 is 2.27 bits per heavy atom. The molecule has 0 unspecified atom stereocenters. The van der Waals surface area contributed by atoms with Crippen molar-refractivity contribution >= 4 is 6.09 Å². The lowest BCUT2D eigenvalue weighted by Gasteiger charge is -2.47. The van der Waals surface area contributed by atoms with E-state index in [1.807, 2.05) is 6.92 Å². The van der Waals surface area contributed by atoms with Crippen molar-refractivity contribution < 1.29 is 24.1 Å². The van der Waals surface area contributed by atoms with Crippen molar-refractivity contribution in [3.63, 3.8) is 0 Å². The SMILES string of the molecule is C=C[C@H](C)[C@H](O)C1(NC(=O)OC(C)(C)C)COC(C)(C)OC1. The number of carbonyl (C=O) groups excluding carboxylic acids is 1. The van der Waals surface area contributed by atoms with Gasteiger partial charge in [0.05, 0.1) is 19.3 Å². The van der Waals surface area contributed by atoms with E-state index < -0.39 is 29.1 Å². The number of amides is 1. The first-order valence-electron chi connectivity index (χ1n) is 7.50. The van der Waals surface area contributed by atoms with Gasteiger partial charge in [-0.15, -0.1) is 6.58 Å². The Labute approximate surface area is 132 Å². The third-order valence-corrected chi connectivity index (χ3v) is 3.54. The van der Waals surface area contributed by atoms with Crippen LogP contribution in [0.4, 0.5) is 4.79 Å². The van der Waals surface area contributed by atoms with Gasteiger partial charge in [0.1, 0.15) is 11.1 Å². The fourth-order valence-corrected chi connectivity index (χ4v) is 2.14. The number of alkyl carbamates (subject to hydrolysis) is 1. The van der Waals surface area contributed by atoms with Crippen molar-refractivity contribution in [2.24, 2.45) is 5.92 Å². The van der Waals surface area contributed by atoms with Crippen molar-refractivity contribution in [1.82, 2.24) is 5.32 Å². The van der Waals surface area contributed by atoms with Crippen LogP contribution in [0.25, 0.3) is 0 Å². The molecule has 0 aromatic rings. The summed E-state index contributed by atoms with van der Waals surface area (Å²) in [6, 6.07) is 0. The summed E-state index contributed by atoms with van der Waals surface area (Å²) in [4.78, 5) is 12.1. The lowest BCUT2D eigenvalue weighted by molar-refractivity contribution is -0.283. The number of hydrogen-bond donors (Lipinski definition) is 2. The second kappa shape index (κ2) is 6.56. The lowest BCUT2D eigenvalue weighted by atomic mass is 9.85. The van der Waals surface area contributed by atoms with Crippen molar-refractivity contribution in [2.45, 2.75) is 64.6 Å². The average molecular weight is 315 g/mol. The summed E-state index contributed by atoms with van der Waals surface area (Å²) in [7, 11) is 0. The zero-order valence-electron chi connectivity index (χ0n) is 14.4. The van der Waals surface area contributed by atoms with Crippen molar-refractivity contribution in [1.29, 1.82) is 0 Å². The normalized spacial score (nSPS) is 23.2. The highest BCUT2D eigenvalue weighted by Crippen LogP contribution is 2.29. The smallest absolute Gasteiger partial charge is 0.408 e.